The van der Waals surface area contributed by atoms with Crippen LogP contribution in [0.1, 0.15) is 19.3 Å². The molecule has 1 fully saturated rings. The lowest BCUT2D eigenvalue weighted by Gasteiger charge is -2.32. The van der Waals surface area contributed by atoms with E-state index in [1.165, 1.54) is 0 Å². The third-order valence-electron chi connectivity index (χ3n) is 1.93. The van der Waals surface area contributed by atoms with Crippen LogP contribution < -0.4 is 0 Å². The van der Waals surface area contributed by atoms with Crippen molar-refractivity contribution in [2.24, 2.45) is 5.92 Å². The molecule has 0 saturated heterocycles. The van der Waals surface area contributed by atoms with Crippen molar-refractivity contribution in [1.82, 2.24) is 0 Å². The molecule has 1 N–H and O–H groups in total. The van der Waals surface area contributed by atoms with Crippen molar-refractivity contribution in [2.45, 2.75) is 30.2 Å². The molecule has 1 atom stereocenters. The molecule has 10 heavy (non-hydrogen) atoms. The van der Waals surface area contributed by atoms with Crippen molar-refractivity contribution < 1.29 is 13.9 Å². The maximum absolute atomic E-state index is 12.3. The second kappa shape index (κ2) is 2.74. The van der Waals surface area contributed by atoms with Gasteiger partial charge in [0.05, 0.1) is 0 Å². The van der Waals surface area contributed by atoms with Crippen molar-refractivity contribution >= 4 is 15.9 Å². The highest BCUT2D eigenvalue weighted by Crippen LogP contribution is 2.39. The molecule has 1 aliphatic rings. The van der Waals surface area contributed by atoms with Crippen LogP contribution in [0.4, 0.5) is 8.78 Å². The van der Waals surface area contributed by atoms with Crippen molar-refractivity contribution in [3.8, 4) is 0 Å². The van der Waals surface area contributed by atoms with E-state index < -0.39 is 10.9 Å². The van der Waals surface area contributed by atoms with Crippen molar-refractivity contribution in [2.75, 3.05) is 0 Å². The Hall–Kier alpha value is 0.300. The van der Waals surface area contributed by atoms with Gasteiger partial charge in [0.2, 0.25) is 0 Å². The summed E-state index contributed by atoms with van der Waals surface area (Å²) >= 11 is 2.14. The molecule has 1 saturated carbocycles. The van der Waals surface area contributed by atoms with Crippen LogP contribution in [0.25, 0.3) is 0 Å². The third-order valence-corrected chi connectivity index (χ3v) is 2.40. The van der Waals surface area contributed by atoms with E-state index in [4.69, 9.17) is 5.11 Å². The quantitative estimate of drug-likeness (QED) is 0.699. The van der Waals surface area contributed by atoms with Crippen LogP contribution in [0.15, 0.2) is 0 Å². The Morgan fingerprint density at radius 3 is 2.10 bits per heavy atom. The minimum Gasteiger partial charge on any atom is -0.386 e. The van der Waals surface area contributed by atoms with Gasteiger partial charge >= 0.3 is 4.83 Å². The summed E-state index contributed by atoms with van der Waals surface area (Å²) < 4.78 is 24.5. The first-order chi connectivity index (χ1) is 4.52. The topological polar surface area (TPSA) is 20.2 Å². The Labute approximate surface area is 66.6 Å². The molecule has 0 heterocycles. The Morgan fingerprint density at radius 2 is 2.00 bits per heavy atom. The molecule has 0 amide bonds. The van der Waals surface area contributed by atoms with E-state index in [2.05, 4.69) is 15.9 Å². The van der Waals surface area contributed by atoms with Gasteiger partial charge in [-0.25, -0.2) is 0 Å². The van der Waals surface area contributed by atoms with Crippen LogP contribution in [0.5, 0.6) is 0 Å². The summed E-state index contributed by atoms with van der Waals surface area (Å²) in [7, 11) is 0. The second-order valence-corrected chi connectivity index (χ2v) is 3.73. The highest BCUT2D eigenvalue weighted by molar-refractivity contribution is 9.10. The van der Waals surface area contributed by atoms with E-state index in [0.717, 1.165) is 19.3 Å². The molecule has 4 heteroatoms. The Kier molecular flexibility index (Phi) is 2.30. The van der Waals surface area contributed by atoms with Gasteiger partial charge in [0.1, 0.15) is 6.10 Å². The number of rotatable bonds is 2. The zero-order valence-electron chi connectivity index (χ0n) is 5.36. The lowest BCUT2D eigenvalue weighted by atomic mass is 9.81. The smallest absolute Gasteiger partial charge is 0.326 e. The first-order valence-corrected chi connectivity index (χ1v) is 4.06. The van der Waals surface area contributed by atoms with Gasteiger partial charge < -0.3 is 5.11 Å². The molecule has 0 aromatic rings. The zero-order chi connectivity index (χ0) is 7.78. The summed E-state index contributed by atoms with van der Waals surface area (Å²) in [6.07, 6.45) is 0.913. The van der Waals surface area contributed by atoms with Gasteiger partial charge in [0, 0.05) is 0 Å². The standard InChI is InChI=1S/C6H9BrF2O/c7-6(8,9)5(10)4-2-1-3-4/h4-5,10H,1-3H2. The van der Waals surface area contributed by atoms with Crippen molar-refractivity contribution in [1.29, 1.82) is 0 Å². The molecule has 0 bridgehead atoms. The number of aliphatic hydroxyl groups excluding tert-OH is 1. The van der Waals surface area contributed by atoms with E-state index in [-0.39, 0.29) is 5.92 Å². The van der Waals surface area contributed by atoms with E-state index in [9.17, 15) is 8.78 Å². The van der Waals surface area contributed by atoms with Gasteiger partial charge in [-0.15, -0.1) is 0 Å². The fraction of sp³-hybridized carbons (Fsp3) is 1.00. The minimum absolute atomic E-state index is 0.200. The van der Waals surface area contributed by atoms with E-state index in [0.29, 0.717) is 0 Å². The molecule has 1 unspecified atom stereocenters. The summed E-state index contributed by atoms with van der Waals surface area (Å²) in [5, 5.41) is 8.91. The van der Waals surface area contributed by atoms with Gasteiger partial charge in [-0.05, 0) is 34.7 Å². The van der Waals surface area contributed by atoms with Gasteiger partial charge in [-0.2, -0.15) is 8.78 Å². The van der Waals surface area contributed by atoms with Crippen LogP contribution in [-0.2, 0) is 0 Å². The monoisotopic (exact) mass is 214 g/mol. The molecule has 0 aliphatic heterocycles. The van der Waals surface area contributed by atoms with Crippen LogP contribution in [0, 0.1) is 5.92 Å². The zero-order valence-corrected chi connectivity index (χ0v) is 6.94. The van der Waals surface area contributed by atoms with Crippen molar-refractivity contribution in [3.05, 3.63) is 0 Å². The number of hydrogen-bond acceptors (Lipinski definition) is 1. The Balaban J connectivity index is 2.39. The highest BCUT2D eigenvalue weighted by Gasteiger charge is 2.42. The van der Waals surface area contributed by atoms with Gasteiger partial charge in [0.15, 0.2) is 0 Å². The Bertz CT molecular complexity index is 119. The SMILES string of the molecule is OC(C1CCC1)C(F)(F)Br. The molecule has 1 nitrogen and oxygen atoms in total. The van der Waals surface area contributed by atoms with Crippen LogP contribution in [0.2, 0.25) is 0 Å². The summed E-state index contributed by atoms with van der Waals surface area (Å²) in [5.74, 6) is -0.200. The molecular weight excluding hydrogens is 206 g/mol. The molecule has 0 radical (unpaired) electrons. The minimum atomic E-state index is -3.10. The molecular formula is C6H9BrF2O. The second-order valence-electron chi connectivity index (χ2n) is 2.68. The maximum Gasteiger partial charge on any atom is 0.326 e. The molecule has 0 aromatic heterocycles. The number of aliphatic hydroxyl groups is 1. The fourth-order valence-electron chi connectivity index (χ4n) is 1.02. The van der Waals surface area contributed by atoms with Crippen LogP contribution in [0.3, 0.4) is 0 Å². The first-order valence-electron chi connectivity index (χ1n) is 3.26. The van der Waals surface area contributed by atoms with E-state index in [1.807, 2.05) is 0 Å². The summed E-state index contributed by atoms with van der Waals surface area (Å²) in [5.41, 5.74) is 0. The average molecular weight is 215 g/mol. The largest absolute Gasteiger partial charge is 0.386 e. The maximum atomic E-state index is 12.3. The van der Waals surface area contributed by atoms with E-state index in [1.54, 1.807) is 0 Å². The highest BCUT2D eigenvalue weighted by atomic mass is 79.9. The lowest BCUT2D eigenvalue weighted by Crippen LogP contribution is -2.38. The van der Waals surface area contributed by atoms with Crippen LogP contribution in [-0.4, -0.2) is 16.0 Å². The molecule has 1 aliphatic carbocycles. The predicted molar refractivity (Wildman–Crippen MR) is 37.2 cm³/mol. The molecule has 0 spiro atoms. The van der Waals surface area contributed by atoms with Crippen LogP contribution >= 0.6 is 15.9 Å². The molecule has 0 aromatic carbocycles. The summed E-state index contributed by atoms with van der Waals surface area (Å²) in [6, 6.07) is 0. The first kappa shape index (κ1) is 8.40. The Morgan fingerprint density at radius 1 is 1.50 bits per heavy atom. The number of halogens is 3. The predicted octanol–water partition coefficient (Wildman–Crippen LogP) is 2.14. The summed E-state index contributed by atoms with van der Waals surface area (Å²) in [4.78, 5) is -3.10. The van der Waals surface area contributed by atoms with Gasteiger partial charge in [0.25, 0.3) is 0 Å². The number of alkyl halides is 3. The fourth-order valence-corrected chi connectivity index (χ4v) is 1.40. The summed E-state index contributed by atoms with van der Waals surface area (Å²) in [6.45, 7) is 0. The van der Waals surface area contributed by atoms with Gasteiger partial charge in [-0.3, -0.25) is 0 Å². The molecule has 60 valence electrons. The van der Waals surface area contributed by atoms with Crippen molar-refractivity contribution in [3.63, 3.8) is 0 Å². The normalized spacial score (nSPS) is 24.0. The number of hydrogen-bond donors (Lipinski definition) is 1. The molecule has 1 rings (SSSR count). The average Bonchev–Trinajstić information content (AvgIpc) is 1.57. The lowest BCUT2D eigenvalue weighted by molar-refractivity contribution is -0.0772. The third kappa shape index (κ3) is 1.66. The van der Waals surface area contributed by atoms with Gasteiger partial charge in [-0.1, -0.05) is 6.42 Å². The van der Waals surface area contributed by atoms with E-state index >= 15 is 0 Å².